The van der Waals surface area contributed by atoms with Gasteiger partial charge in [0.25, 0.3) is 0 Å². The Kier molecular flexibility index (Phi) is 3.94. The SMILES string of the molecule is C#CCOc1ccccc1/C=N/n1nnc(C)c1C. The van der Waals surface area contributed by atoms with Gasteiger partial charge in [0, 0.05) is 5.56 Å². The van der Waals surface area contributed by atoms with Crippen LogP contribution in [0.15, 0.2) is 29.4 Å². The van der Waals surface area contributed by atoms with E-state index in [-0.39, 0.29) is 6.61 Å². The zero-order chi connectivity index (χ0) is 13.7. The summed E-state index contributed by atoms with van der Waals surface area (Å²) in [5, 5.41) is 12.1. The van der Waals surface area contributed by atoms with Gasteiger partial charge in [0.15, 0.2) is 0 Å². The number of para-hydroxylation sites is 1. The van der Waals surface area contributed by atoms with Crippen LogP contribution in [0.4, 0.5) is 0 Å². The van der Waals surface area contributed by atoms with Crippen LogP contribution in [-0.2, 0) is 0 Å². The molecule has 0 saturated heterocycles. The summed E-state index contributed by atoms with van der Waals surface area (Å²) in [6.07, 6.45) is 6.86. The Labute approximate surface area is 111 Å². The first kappa shape index (κ1) is 12.8. The predicted octanol–water partition coefficient (Wildman–Crippen LogP) is 1.79. The number of hydrogen-bond acceptors (Lipinski definition) is 4. The van der Waals surface area contributed by atoms with Crippen LogP contribution < -0.4 is 4.74 Å². The smallest absolute Gasteiger partial charge is 0.148 e. The van der Waals surface area contributed by atoms with Crippen LogP contribution >= 0.6 is 0 Å². The fourth-order valence-electron chi connectivity index (χ4n) is 1.46. The van der Waals surface area contributed by atoms with E-state index in [1.54, 1.807) is 6.21 Å². The highest BCUT2D eigenvalue weighted by Crippen LogP contribution is 2.15. The van der Waals surface area contributed by atoms with Crippen LogP contribution in [0.25, 0.3) is 0 Å². The topological polar surface area (TPSA) is 52.3 Å². The number of benzene rings is 1. The van der Waals surface area contributed by atoms with E-state index >= 15 is 0 Å². The highest BCUT2D eigenvalue weighted by Gasteiger charge is 2.03. The molecular formula is C14H14N4O. The Bertz CT molecular complexity index is 637. The molecule has 0 spiro atoms. The second-order valence-electron chi connectivity index (χ2n) is 3.92. The molecule has 0 aliphatic carbocycles. The monoisotopic (exact) mass is 254 g/mol. The van der Waals surface area contributed by atoms with Crippen LogP contribution in [0.1, 0.15) is 17.0 Å². The van der Waals surface area contributed by atoms with Crippen LogP contribution in [-0.4, -0.2) is 27.9 Å². The van der Waals surface area contributed by atoms with E-state index in [9.17, 15) is 0 Å². The van der Waals surface area contributed by atoms with E-state index in [1.165, 1.54) is 4.79 Å². The Morgan fingerprint density at radius 2 is 2.21 bits per heavy atom. The molecule has 5 nitrogen and oxygen atoms in total. The van der Waals surface area contributed by atoms with E-state index in [1.807, 2.05) is 38.1 Å². The maximum atomic E-state index is 5.44. The van der Waals surface area contributed by atoms with Crippen LogP contribution in [0.2, 0.25) is 0 Å². The summed E-state index contributed by atoms with van der Waals surface area (Å²) in [5.74, 6) is 3.13. The molecule has 0 amide bonds. The quantitative estimate of drug-likeness (QED) is 0.617. The van der Waals surface area contributed by atoms with Gasteiger partial charge in [-0.25, -0.2) is 0 Å². The van der Waals surface area contributed by atoms with E-state index in [2.05, 4.69) is 21.3 Å². The fraction of sp³-hybridized carbons (Fsp3) is 0.214. The predicted molar refractivity (Wildman–Crippen MR) is 73.3 cm³/mol. The highest BCUT2D eigenvalue weighted by atomic mass is 16.5. The van der Waals surface area contributed by atoms with E-state index < -0.39 is 0 Å². The molecule has 19 heavy (non-hydrogen) atoms. The molecule has 0 unspecified atom stereocenters. The molecule has 0 saturated carbocycles. The van der Waals surface area contributed by atoms with Gasteiger partial charge in [-0.05, 0) is 31.2 Å². The lowest BCUT2D eigenvalue weighted by atomic mass is 10.2. The minimum atomic E-state index is 0.228. The molecule has 0 fully saturated rings. The second-order valence-corrected chi connectivity index (χ2v) is 3.92. The number of aryl methyl sites for hydroxylation is 1. The Hall–Kier alpha value is -2.61. The number of hydrogen-bond donors (Lipinski definition) is 0. The van der Waals surface area contributed by atoms with E-state index in [0.29, 0.717) is 5.75 Å². The Balaban J connectivity index is 2.23. The number of terminal acetylenes is 1. The van der Waals surface area contributed by atoms with E-state index in [0.717, 1.165) is 17.0 Å². The lowest BCUT2D eigenvalue weighted by Crippen LogP contribution is -1.99. The van der Waals surface area contributed by atoms with Crippen molar-refractivity contribution in [2.45, 2.75) is 13.8 Å². The van der Waals surface area contributed by atoms with Gasteiger partial charge in [0.05, 0.1) is 17.6 Å². The summed E-state index contributed by atoms with van der Waals surface area (Å²) in [7, 11) is 0. The van der Waals surface area contributed by atoms with Crippen LogP contribution in [0.5, 0.6) is 5.75 Å². The van der Waals surface area contributed by atoms with Crippen molar-refractivity contribution >= 4 is 6.21 Å². The van der Waals surface area contributed by atoms with Crippen molar-refractivity contribution < 1.29 is 4.74 Å². The maximum absolute atomic E-state index is 5.44. The molecule has 0 aliphatic heterocycles. The van der Waals surface area contributed by atoms with Crippen molar-refractivity contribution in [3.63, 3.8) is 0 Å². The Morgan fingerprint density at radius 1 is 1.42 bits per heavy atom. The average Bonchev–Trinajstić information content (AvgIpc) is 2.75. The average molecular weight is 254 g/mol. The van der Waals surface area contributed by atoms with Crippen molar-refractivity contribution in [2.75, 3.05) is 6.61 Å². The largest absolute Gasteiger partial charge is 0.480 e. The van der Waals surface area contributed by atoms with Gasteiger partial charge in [-0.1, -0.05) is 18.1 Å². The number of rotatable bonds is 4. The van der Waals surface area contributed by atoms with Crippen molar-refractivity contribution in [2.24, 2.45) is 5.10 Å². The summed E-state index contributed by atoms with van der Waals surface area (Å²) < 4.78 is 5.44. The van der Waals surface area contributed by atoms with E-state index in [4.69, 9.17) is 11.2 Å². The lowest BCUT2D eigenvalue weighted by molar-refractivity contribution is 0.370. The van der Waals surface area contributed by atoms with Gasteiger partial charge < -0.3 is 4.74 Å². The Morgan fingerprint density at radius 3 is 2.89 bits per heavy atom. The normalized spacial score (nSPS) is 10.6. The number of ether oxygens (including phenoxy) is 1. The van der Waals surface area contributed by atoms with Gasteiger partial charge in [-0.2, -0.15) is 5.10 Å². The van der Waals surface area contributed by atoms with Crippen molar-refractivity contribution in [1.29, 1.82) is 0 Å². The number of nitrogens with zero attached hydrogens (tertiary/aromatic N) is 4. The van der Waals surface area contributed by atoms with Crippen molar-refractivity contribution in [3.8, 4) is 18.1 Å². The molecule has 1 aromatic heterocycles. The summed E-state index contributed by atoms with van der Waals surface area (Å²) >= 11 is 0. The molecule has 5 heteroatoms. The first-order valence-electron chi connectivity index (χ1n) is 5.81. The zero-order valence-electron chi connectivity index (χ0n) is 10.9. The maximum Gasteiger partial charge on any atom is 0.148 e. The molecule has 0 radical (unpaired) electrons. The molecule has 2 aromatic rings. The van der Waals surface area contributed by atoms with Gasteiger partial charge in [-0.15, -0.1) is 16.3 Å². The fourth-order valence-corrected chi connectivity index (χ4v) is 1.46. The minimum Gasteiger partial charge on any atom is -0.480 e. The third-order valence-electron chi connectivity index (χ3n) is 2.64. The molecule has 1 heterocycles. The minimum absolute atomic E-state index is 0.228. The summed E-state index contributed by atoms with van der Waals surface area (Å²) in [6.45, 7) is 4.03. The molecule has 0 N–H and O–H groups in total. The van der Waals surface area contributed by atoms with Gasteiger partial charge in [0.1, 0.15) is 12.4 Å². The van der Waals surface area contributed by atoms with Gasteiger partial charge in [0.2, 0.25) is 0 Å². The van der Waals surface area contributed by atoms with Crippen molar-refractivity contribution in [3.05, 3.63) is 41.2 Å². The summed E-state index contributed by atoms with van der Waals surface area (Å²) in [6, 6.07) is 7.53. The van der Waals surface area contributed by atoms with Gasteiger partial charge in [-0.3, -0.25) is 0 Å². The summed E-state index contributed by atoms with van der Waals surface area (Å²) in [4.78, 5) is 1.48. The molecule has 1 aromatic carbocycles. The van der Waals surface area contributed by atoms with Crippen LogP contribution in [0.3, 0.4) is 0 Å². The first-order chi connectivity index (χ1) is 9.22. The van der Waals surface area contributed by atoms with Crippen molar-refractivity contribution in [1.82, 2.24) is 15.1 Å². The second kappa shape index (κ2) is 5.83. The molecule has 96 valence electrons. The first-order valence-corrected chi connectivity index (χ1v) is 5.81. The lowest BCUT2D eigenvalue weighted by Gasteiger charge is -2.05. The van der Waals surface area contributed by atoms with Crippen LogP contribution in [0, 0.1) is 26.2 Å². The summed E-state index contributed by atoms with van der Waals surface area (Å²) in [5.41, 5.74) is 2.59. The zero-order valence-corrected chi connectivity index (χ0v) is 10.9. The number of aromatic nitrogens is 3. The third-order valence-corrected chi connectivity index (χ3v) is 2.64. The standard InChI is InChI=1S/C14H14N4O/c1-4-9-19-14-8-6-5-7-13(14)10-15-18-12(3)11(2)16-17-18/h1,5-8,10H,9H2,2-3H3/b15-10+. The molecule has 0 bridgehead atoms. The van der Waals surface area contributed by atoms with Gasteiger partial charge >= 0.3 is 0 Å². The molecule has 2 rings (SSSR count). The molecule has 0 atom stereocenters. The molecule has 0 aliphatic rings. The highest BCUT2D eigenvalue weighted by molar-refractivity contribution is 5.83. The third kappa shape index (κ3) is 2.99. The molecular weight excluding hydrogens is 240 g/mol.